The third kappa shape index (κ3) is 1.93. The van der Waals surface area contributed by atoms with E-state index in [9.17, 15) is 4.79 Å². The largest absolute Gasteiger partial charge is 0.302 e. The molecule has 0 radical (unpaired) electrons. The molecule has 0 bridgehead atoms. The fourth-order valence-corrected chi connectivity index (χ4v) is 2.17. The van der Waals surface area contributed by atoms with Crippen LogP contribution in [-0.2, 0) is 0 Å². The molecule has 82 valence electrons. The van der Waals surface area contributed by atoms with Crippen molar-refractivity contribution in [2.45, 2.75) is 13.8 Å². The lowest BCUT2D eigenvalue weighted by Crippen LogP contribution is -2.12. The smallest absolute Gasteiger partial charge is 0.182 e. The normalized spacial score (nSPS) is 10.4. The molecule has 16 heavy (non-hydrogen) atoms. The van der Waals surface area contributed by atoms with Gasteiger partial charge in [0.05, 0.1) is 4.47 Å². The molecule has 0 amide bonds. The first-order valence-electron chi connectivity index (χ1n) is 4.91. The Balaban J connectivity index is 2.75. The van der Waals surface area contributed by atoms with Crippen LogP contribution in [0, 0.1) is 13.8 Å². The molecule has 0 aliphatic heterocycles. The van der Waals surface area contributed by atoms with E-state index in [1.54, 1.807) is 18.3 Å². The van der Waals surface area contributed by atoms with Crippen LogP contribution in [0.4, 0.5) is 0 Å². The van der Waals surface area contributed by atoms with E-state index in [-0.39, 0.29) is 5.43 Å². The molecule has 2 aromatic rings. The van der Waals surface area contributed by atoms with Gasteiger partial charge in [0.25, 0.3) is 0 Å². The van der Waals surface area contributed by atoms with Crippen molar-refractivity contribution >= 4 is 15.9 Å². The number of rotatable bonds is 1. The Labute approximate surface area is 102 Å². The van der Waals surface area contributed by atoms with Gasteiger partial charge in [0.1, 0.15) is 0 Å². The lowest BCUT2D eigenvalue weighted by atomic mass is 10.3. The number of aryl methyl sites for hydroxylation is 2. The summed E-state index contributed by atoms with van der Waals surface area (Å²) >= 11 is 3.46. The van der Waals surface area contributed by atoms with Gasteiger partial charge in [0.15, 0.2) is 11.2 Å². The topological polar surface area (TPSA) is 34.9 Å². The van der Waals surface area contributed by atoms with Crippen LogP contribution in [0.15, 0.2) is 39.7 Å². The summed E-state index contributed by atoms with van der Waals surface area (Å²) in [6, 6.07) is 7.00. The van der Waals surface area contributed by atoms with E-state index in [2.05, 4.69) is 20.9 Å². The first-order valence-corrected chi connectivity index (χ1v) is 5.70. The van der Waals surface area contributed by atoms with Crippen molar-refractivity contribution in [2.75, 3.05) is 0 Å². The highest BCUT2D eigenvalue weighted by molar-refractivity contribution is 9.10. The van der Waals surface area contributed by atoms with Crippen molar-refractivity contribution in [1.29, 1.82) is 0 Å². The van der Waals surface area contributed by atoms with Gasteiger partial charge in [-0.2, -0.15) is 0 Å². The molecule has 0 aromatic carbocycles. The van der Waals surface area contributed by atoms with E-state index >= 15 is 0 Å². The Hall–Kier alpha value is -1.42. The highest BCUT2D eigenvalue weighted by Gasteiger charge is 2.07. The number of aromatic nitrogens is 2. The van der Waals surface area contributed by atoms with Gasteiger partial charge in [-0.05, 0) is 41.9 Å². The molecule has 0 N–H and O–H groups in total. The standard InChI is InChI=1S/C12H11BrN2O/c1-8-6-10(16)7-9(2)15(8)12-11(13)4-3-5-14-12/h3-7H,1-2H3. The molecule has 0 aliphatic carbocycles. The molecular formula is C12H11BrN2O. The molecule has 0 unspecified atom stereocenters. The molecule has 0 atom stereocenters. The Morgan fingerprint density at radius 1 is 1.25 bits per heavy atom. The minimum absolute atomic E-state index is 0.0262. The van der Waals surface area contributed by atoms with Crippen molar-refractivity contribution in [1.82, 2.24) is 9.55 Å². The zero-order valence-electron chi connectivity index (χ0n) is 9.07. The fourth-order valence-electron chi connectivity index (χ4n) is 1.74. The van der Waals surface area contributed by atoms with Crippen molar-refractivity contribution in [3.63, 3.8) is 0 Å². The lowest BCUT2D eigenvalue weighted by Gasteiger charge is -2.14. The van der Waals surface area contributed by atoms with Gasteiger partial charge in [-0.3, -0.25) is 4.79 Å². The average Bonchev–Trinajstić information content (AvgIpc) is 2.19. The molecular weight excluding hydrogens is 268 g/mol. The van der Waals surface area contributed by atoms with Gasteiger partial charge >= 0.3 is 0 Å². The lowest BCUT2D eigenvalue weighted by molar-refractivity contribution is 0.881. The predicted molar refractivity (Wildman–Crippen MR) is 67.0 cm³/mol. The molecule has 0 fully saturated rings. The third-order valence-corrected chi connectivity index (χ3v) is 2.98. The van der Waals surface area contributed by atoms with Gasteiger partial charge < -0.3 is 4.57 Å². The van der Waals surface area contributed by atoms with Crippen LogP contribution in [0.5, 0.6) is 0 Å². The second-order valence-corrected chi connectivity index (χ2v) is 4.47. The minimum atomic E-state index is 0.0262. The maximum atomic E-state index is 11.3. The molecule has 2 rings (SSSR count). The van der Waals surface area contributed by atoms with Crippen LogP contribution < -0.4 is 5.43 Å². The van der Waals surface area contributed by atoms with Crippen LogP contribution in [0.1, 0.15) is 11.4 Å². The zero-order valence-corrected chi connectivity index (χ0v) is 10.7. The number of hydrogen-bond acceptors (Lipinski definition) is 2. The summed E-state index contributed by atoms with van der Waals surface area (Å²) in [7, 11) is 0. The summed E-state index contributed by atoms with van der Waals surface area (Å²) < 4.78 is 2.86. The van der Waals surface area contributed by atoms with E-state index in [1.807, 2.05) is 30.5 Å². The highest BCUT2D eigenvalue weighted by atomic mass is 79.9. The van der Waals surface area contributed by atoms with E-state index in [1.165, 1.54) is 0 Å². The molecule has 2 aromatic heterocycles. The first-order chi connectivity index (χ1) is 7.59. The average molecular weight is 279 g/mol. The van der Waals surface area contributed by atoms with Crippen molar-refractivity contribution < 1.29 is 0 Å². The van der Waals surface area contributed by atoms with Crippen molar-refractivity contribution in [3.8, 4) is 5.82 Å². The molecule has 0 aliphatic rings. The maximum Gasteiger partial charge on any atom is 0.182 e. The Bertz CT molecular complexity index is 564. The van der Waals surface area contributed by atoms with Crippen molar-refractivity contribution in [3.05, 3.63) is 56.5 Å². The Morgan fingerprint density at radius 2 is 1.88 bits per heavy atom. The summed E-state index contributed by atoms with van der Waals surface area (Å²) in [6.07, 6.45) is 1.73. The second-order valence-electron chi connectivity index (χ2n) is 3.62. The monoisotopic (exact) mass is 278 g/mol. The predicted octanol–water partition coefficient (Wildman–Crippen LogP) is 2.61. The number of nitrogens with zero attached hydrogens (tertiary/aromatic N) is 2. The van der Waals surface area contributed by atoms with Gasteiger partial charge in [0.2, 0.25) is 0 Å². The molecule has 4 heteroatoms. The Kier molecular flexibility index (Phi) is 2.92. The SMILES string of the molecule is Cc1cc(=O)cc(C)n1-c1ncccc1Br. The summed E-state index contributed by atoms with van der Waals surface area (Å²) in [5.41, 5.74) is 1.78. The molecule has 2 heterocycles. The number of halogens is 1. The van der Waals surface area contributed by atoms with E-state index < -0.39 is 0 Å². The van der Waals surface area contributed by atoms with Gasteiger partial charge in [0, 0.05) is 29.7 Å². The van der Waals surface area contributed by atoms with Crippen LogP contribution in [-0.4, -0.2) is 9.55 Å². The summed E-state index contributed by atoms with van der Waals surface area (Å²) in [5, 5.41) is 0. The quantitative estimate of drug-likeness (QED) is 0.804. The first kappa shape index (κ1) is 11.1. The fraction of sp³-hybridized carbons (Fsp3) is 0.167. The van der Waals surface area contributed by atoms with E-state index in [0.717, 1.165) is 21.7 Å². The van der Waals surface area contributed by atoms with Gasteiger partial charge in [-0.15, -0.1) is 0 Å². The zero-order chi connectivity index (χ0) is 11.7. The minimum Gasteiger partial charge on any atom is -0.302 e. The third-order valence-electron chi connectivity index (χ3n) is 2.36. The Morgan fingerprint density at radius 3 is 2.44 bits per heavy atom. The van der Waals surface area contributed by atoms with Crippen LogP contribution in [0.3, 0.4) is 0 Å². The van der Waals surface area contributed by atoms with Crippen molar-refractivity contribution in [2.24, 2.45) is 0 Å². The van der Waals surface area contributed by atoms with Gasteiger partial charge in [-0.25, -0.2) is 4.98 Å². The van der Waals surface area contributed by atoms with E-state index in [4.69, 9.17) is 0 Å². The number of hydrogen-bond donors (Lipinski definition) is 0. The van der Waals surface area contributed by atoms with Crippen LogP contribution >= 0.6 is 15.9 Å². The molecule has 0 spiro atoms. The summed E-state index contributed by atoms with van der Waals surface area (Å²) in [6.45, 7) is 3.80. The van der Waals surface area contributed by atoms with Crippen LogP contribution in [0.2, 0.25) is 0 Å². The van der Waals surface area contributed by atoms with Gasteiger partial charge in [-0.1, -0.05) is 0 Å². The summed E-state index contributed by atoms with van der Waals surface area (Å²) in [5.74, 6) is 0.803. The summed E-state index contributed by atoms with van der Waals surface area (Å²) in [4.78, 5) is 15.6. The van der Waals surface area contributed by atoms with Crippen LogP contribution in [0.25, 0.3) is 5.82 Å². The molecule has 0 saturated carbocycles. The highest BCUT2D eigenvalue weighted by Crippen LogP contribution is 2.20. The molecule has 0 saturated heterocycles. The number of pyridine rings is 2. The van der Waals surface area contributed by atoms with E-state index in [0.29, 0.717) is 0 Å². The molecule has 3 nitrogen and oxygen atoms in total. The second kappa shape index (κ2) is 4.22. The maximum absolute atomic E-state index is 11.3.